The molecule has 6 heteroatoms. The zero-order valence-corrected chi connectivity index (χ0v) is 55.8. The second-order valence-corrected chi connectivity index (χ2v) is 29.5. The van der Waals surface area contributed by atoms with Crippen molar-refractivity contribution in [3.05, 3.63) is 234 Å². The Labute approximate surface area is 550 Å². The molecular weight excluding hydrogens is 1160 g/mol. The quantitative estimate of drug-likeness (QED) is 0.147. The molecular formula is C85H80N3S3+3. The molecule has 0 spiro atoms. The molecule has 15 aromatic rings. The van der Waals surface area contributed by atoms with Crippen LogP contribution in [0.2, 0.25) is 0 Å². The number of benzene rings is 9. The molecule has 0 amide bonds. The molecule has 9 aromatic carbocycles. The fraction of sp³-hybridized carbons (Fsp3) is 0.259. The van der Waals surface area contributed by atoms with E-state index in [-0.39, 0.29) is 0 Å². The summed E-state index contributed by atoms with van der Waals surface area (Å²) in [6.45, 7) is 6.60. The first-order chi connectivity index (χ1) is 45.3. The van der Waals surface area contributed by atoms with Gasteiger partial charge in [0.15, 0.2) is 18.6 Å². The highest BCUT2D eigenvalue weighted by atomic mass is 32.1. The Hall–Kier alpha value is -8.13. The third-order valence-electron chi connectivity index (χ3n) is 20.8. The van der Waals surface area contributed by atoms with Crippen molar-refractivity contribution in [1.82, 2.24) is 0 Å². The van der Waals surface area contributed by atoms with Crippen LogP contribution in [0.5, 0.6) is 0 Å². The Morgan fingerprint density at radius 2 is 0.604 bits per heavy atom. The van der Waals surface area contributed by atoms with Crippen molar-refractivity contribution in [2.75, 3.05) is 0 Å². The van der Waals surface area contributed by atoms with Crippen LogP contribution in [0.3, 0.4) is 0 Å². The van der Waals surface area contributed by atoms with Gasteiger partial charge in [0.25, 0.3) is 0 Å². The third kappa shape index (κ3) is 10.4. The van der Waals surface area contributed by atoms with Gasteiger partial charge in [0, 0.05) is 67.4 Å². The third-order valence-corrected chi connectivity index (χ3v) is 24.5. The van der Waals surface area contributed by atoms with Gasteiger partial charge in [-0.2, -0.15) is 13.7 Å². The van der Waals surface area contributed by atoms with E-state index in [2.05, 4.69) is 256 Å². The number of hydrogen-bond acceptors (Lipinski definition) is 3. The lowest BCUT2D eigenvalue weighted by Gasteiger charge is -2.22. The van der Waals surface area contributed by atoms with Gasteiger partial charge in [0.1, 0.15) is 35.2 Å². The van der Waals surface area contributed by atoms with E-state index in [1.54, 1.807) is 0 Å². The van der Waals surface area contributed by atoms with Crippen LogP contribution in [-0.4, -0.2) is 0 Å². The van der Waals surface area contributed by atoms with E-state index in [0.29, 0.717) is 0 Å². The lowest BCUT2D eigenvalue weighted by Crippen LogP contribution is -2.30. The van der Waals surface area contributed by atoms with Gasteiger partial charge in [-0.1, -0.05) is 191 Å². The van der Waals surface area contributed by atoms with Gasteiger partial charge in [-0.05, 0) is 161 Å². The van der Waals surface area contributed by atoms with E-state index >= 15 is 0 Å². The Morgan fingerprint density at radius 1 is 0.308 bits per heavy atom. The monoisotopic (exact) mass is 1240 g/mol. The highest BCUT2D eigenvalue weighted by Gasteiger charge is 2.27. The first-order valence-corrected chi connectivity index (χ1v) is 35.8. The smallest absolute Gasteiger partial charge is 0.200 e. The number of hydrogen-bond donors (Lipinski definition) is 0. The molecule has 0 saturated heterocycles. The number of aromatic nitrogens is 3. The molecule has 91 heavy (non-hydrogen) atoms. The molecule has 3 aliphatic carbocycles. The van der Waals surface area contributed by atoms with Gasteiger partial charge in [0.2, 0.25) is 17.1 Å². The van der Waals surface area contributed by atoms with Crippen LogP contribution in [-0.2, 0) is 21.1 Å². The normalized spacial score (nSPS) is 16.1. The summed E-state index contributed by atoms with van der Waals surface area (Å²) in [5, 5.41) is 16.0. The van der Waals surface area contributed by atoms with Gasteiger partial charge < -0.3 is 0 Å². The van der Waals surface area contributed by atoms with Crippen LogP contribution >= 0.6 is 34.0 Å². The van der Waals surface area contributed by atoms with E-state index < -0.39 is 11.8 Å². The molecule has 3 aliphatic rings. The molecule has 18 rings (SSSR count). The standard InChI is InChI=1S/C29H28NS.2C28H26NS/c1-19-8-6-7-11-23(19)27-29-26(16-17-30(27)2)25-15-13-22-18-21(20-9-4-3-5-10-20)12-14-24(22)28(25)31-29;2*1-18-7-3-6-10-22(18)26-28-25(15-16-29(26)2)24-14-12-21-17-20(19-8-4-5-9-19)11-13-23(21)27(24)30-28/h6-8,11-18,20H,3-5,9-10H2,1-2H3;2*3,6-7,10-17,19H,4-5,8-9H2,1-2H3/q3*+1/i20D;19D;. The average molecular weight is 1240 g/mol. The van der Waals surface area contributed by atoms with Crippen molar-refractivity contribution in [3.63, 3.8) is 0 Å². The Kier molecular flexibility index (Phi) is 14.8. The second-order valence-electron chi connectivity index (χ2n) is 26.4. The van der Waals surface area contributed by atoms with E-state index in [0.717, 1.165) is 31.6 Å². The molecule has 3 nitrogen and oxygen atoms in total. The summed E-state index contributed by atoms with van der Waals surface area (Å²) in [6.07, 6.45) is 22.0. The van der Waals surface area contributed by atoms with E-state index in [4.69, 9.17) is 2.74 Å². The van der Waals surface area contributed by atoms with E-state index in [9.17, 15) is 0 Å². The summed E-state index contributed by atoms with van der Waals surface area (Å²) >= 11 is 5.77. The zero-order chi connectivity index (χ0) is 63.3. The minimum atomic E-state index is -0.409. The minimum Gasteiger partial charge on any atom is -0.200 e. The fourth-order valence-electron chi connectivity index (χ4n) is 15.8. The van der Waals surface area contributed by atoms with Crippen LogP contribution < -0.4 is 13.7 Å². The largest absolute Gasteiger partial charge is 0.230 e. The summed E-state index contributed by atoms with van der Waals surface area (Å²) in [5.41, 5.74) is 15.7. The number of thiophene rings is 3. The average Bonchev–Trinajstić information content (AvgIpc) is 1.62. The number of fused-ring (bicyclic) bond motifs is 15. The zero-order valence-electron chi connectivity index (χ0n) is 55.4. The molecule has 0 aliphatic heterocycles. The molecule has 6 heterocycles. The van der Waals surface area contributed by atoms with Crippen LogP contribution in [0, 0.1) is 20.8 Å². The number of nitrogens with zero attached hydrogens (tertiary/aromatic N) is 3. The molecule has 450 valence electrons. The predicted molar refractivity (Wildman–Crippen MR) is 393 cm³/mol. The van der Waals surface area contributed by atoms with Crippen LogP contribution in [0.4, 0.5) is 0 Å². The Balaban J connectivity index is 0.000000111. The molecule has 0 unspecified atom stereocenters. The summed E-state index contributed by atoms with van der Waals surface area (Å²) in [5.74, 6) is -0.0400. The van der Waals surface area contributed by atoms with Crippen molar-refractivity contribution < 1.29 is 16.4 Å². The van der Waals surface area contributed by atoms with Gasteiger partial charge in [-0.25, -0.2) is 0 Å². The number of pyridine rings is 3. The minimum absolute atomic E-state index is 0.394. The summed E-state index contributed by atoms with van der Waals surface area (Å²) < 4.78 is 33.0. The molecule has 0 radical (unpaired) electrons. The summed E-state index contributed by atoms with van der Waals surface area (Å²) in [7, 11) is 6.46. The van der Waals surface area contributed by atoms with Crippen molar-refractivity contribution in [2.45, 2.75) is 122 Å². The fourth-order valence-corrected chi connectivity index (χ4v) is 20.1. The maximum absolute atomic E-state index is 9.05. The lowest BCUT2D eigenvalue weighted by atomic mass is 9.83. The Morgan fingerprint density at radius 3 is 0.967 bits per heavy atom. The van der Waals surface area contributed by atoms with Gasteiger partial charge in [0.05, 0.1) is 16.7 Å². The van der Waals surface area contributed by atoms with Crippen molar-refractivity contribution in [2.24, 2.45) is 21.1 Å². The van der Waals surface area contributed by atoms with Crippen LogP contribution in [0.15, 0.2) is 201 Å². The maximum Gasteiger partial charge on any atom is 0.230 e. The highest BCUT2D eigenvalue weighted by Crippen LogP contribution is 2.47. The molecule has 0 bridgehead atoms. The van der Waals surface area contributed by atoms with Gasteiger partial charge >= 0.3 is 0 Å². The summed E-state index contributed by atoms with van der Waals surface area (Å²) in [4.78, 5) is 0. The molecule has 0 N–H and O–H groups in total. The van der Waals surface area contributed by atoms with Gasteiger partial charge in [-0.3, -0.25) is 0 Å². The Bertz CT molecular complexity index is 5460. The molecule has 6 aromatic heterocycles. The van der Waals surface area contributed by atoms with Crippen LogP contribution in [0.25, 0.3) is 127 Å². The van der Waals surface area contributed by atoms with E-state index in [1.807, 2.05) is 34.0 Å². The number of rotatable bonds is 6. The van der Waals surface area contributed by atoms with E-state index in [1.165, 1.54) is 218 Å². The first-order valence-electron chi connectivity index (χ1n) is 34.3. The number of aryl methyl sites for hydroxylation is 6. The SMILES string of the molecule is Cc1ccccc1-c1c2sc3c4ccc(C5CCCC5)cc4ccc3c2cc[n+]1C.[2H]C1(c2ccc3c(ccc4c5cc[n+](C)c(-c6ccccc6C)c5sc34)c2)CCCC1.[2H]C1(c2ccc3c(ccc4c5cc[n+](C)c(-c6ccccc6C)c5sc34)c2)CCCCC1. The highest BCUT2D eigenvalue weighted by molar-refractivity contribution is 7.28. The molecule has 3 fully saturated rings. The molecule has 0 atom stereocenters. The second kappa shape index (κ2) is 24.2. The first kappa shape index (κ1) is 55.7. The van der Waals surface area contributed by atoms with Crippen molar-refractivity contribution in [1.29, 1.82) is 0 Å². The molecule has 3 saturated carbocycles. The van der Waals surface area contributed by atoms with Crippen molar-refractivity contribution in [3.8, 4) is 33.8 Å². The predicted octanol–water partition coefficient (Wildman–Crippen LogP) is 23.4. The van der Waals surface area contributed by atoms with Crippen molar-refractivity contribution >= 4 is 127 Å². The maximum atomic E-state index is 9.05. The topological polar surface area (TPSA) is 11.6 Å². The lowest BCUT2D eigenvalue weighted by molar-refractivity contribution is -0.659. The summed E-state index contributed by atoms with van der Waals surface area (Å²) in [6, 6.07) is 67.4. The van der Waals surface area contributed by atoms with Gasteiger partial charge in [-0.15, -0.1) is 34.0 Å². The van der Waals surface area contributed by atoms with Crippen LogP contribution in [0.1, 0.15) is 137 Å².